The highest BCUT2D eigenvalue weighted by Crippen LogP contribution is 2.34. The number of benzene rings is 1. The number of hydrogen-bond acceptors (Lipinski definition) is 4. The third kappa shape index (κ3) is 1.52. The van der Waals surface area contributed by atoms with Crippen LogP contribution in [0.4, 0.5) is 5.13 Å². The molecular formula is C11H8N2S2. The summed E-state index contributed by atoms with van der Waals surface area (Å²) < 4.78 is 1.29. The predicted octanol–water partition coefficient (Wildman–Crippen LogP) is 3.61. The molecule has 15 heavy (non-hydrogen) atoms. The standard InChI is InChI=1S/C11H8N2S2/c12-11-13-8(6-14-11)10-5-7-3-1-2-4-9(7)15-10/h1-6H,(H2,12,13). The molecule has 0 aliphatic carbocycles. The third-order valence-electron chi connectivity index (χ3n) is 2.20. The molecule has 0 bridgehead atoms. The maximum absolute atomic E-state index is 5.62. The SMILES string of the molecule is Nc1nc(-c2cc3ccccc3s2)cs1. The van der Waals surface area contributed by atoms with Crippen molar-refractivity contribution in [3.8, 4) is 10.6 Å². The van der Waals surface area contributed by atoms with E-state index in [9.17, 15) is 0 Å². The Kier molecular flexibility index (Phi) is 1.97. The number of fused-ring (bicyclic) bond motifs is 1. The minimum absolute atomic E-state index is 0.627. The Hall–Kier alpha value is -1.39. The zero-order valence-corrected chi connectivity index (χ0v) is 9.44. The van der Waals surface area contributed by atoms with E-state index >= 15 is 0 Å². The second-order valence-electron chi connectivity index (χ2n) is 3.22. The molecule has 0 saturated heterocycles. The average molecular weight is 232 g/mol. The van der Waals surface area contributed by atoms with Gasteiger partial charge in [0.2, 0.25) is 0 Å². The van der Waals surface area contributed by atoms with Crippen molar-refractivity contribution in [2.75, 3.05) is 5.73 Å². The van der Waals surface area contributed by atoms with Gasteiger partial charge in [-0.2, -0.15) is 0 Å². The number of nitrogens with zero attached hydrogens (tertiary/aromatic N) is 1. The predicted molar refractivity (Wildman–Crippen MR) is 67.3 cm³/mol. The summed E-state index contributed by atoms with van der Waals surface area (Å²) in [4.78, 5) is 5.47. The first-order valence-electron chi connectivity index (χ1n) is 4.53. The van der Waals surface area contributed by atoms with E-state index in [0.29, 0.717) is 5.13 Å². The first-order chi connectivity index (χ1) is 7.33. The number of aromatic nitrogens is 1. The van der Waals surface area contributed by atoms with Crippen LogP contribution in [0, 0.1) is 0 Å². The van der Waals surface area contributed by atoms with E-state index in [1.54, 1.807) is 11.3 Å². The lowest BCUT2D eigenvalue weighted by molar-refractivity contribution is 1.43. The molecule has 2 N–H and O–H groups in total. The van der Waals surface area contributed by atoms with Gasteiger partial charge in [0.15, 0.2) is 5.13 Å². The van der Waals surface area contributed by atoms with Gasteiger partial charge in [-0.15, -0.1) is 22.7 Å². The highest BCUT2D eigenvalue weighted by Gasteiger charge is 2.06. The molecule has 2 aromatic heterocycles. The van der Waals surface area contributed by atoms with Gasteiger partial charge in [0.05, 0.1) is 10.6 Å². The molecule has 2 nitrogen and oxygen atoms in total. The summed E-state index contributed by atoms with van der Waals surface area (Å²) in [6.45, 7) is 0. The second kappa shape index (κ2) is 3.32. The molecule has 4 heteroatoms. The van der Waals surface area contributed by atoms with E-state index in [0.717, 1.165) is 5.69 Å². The second-order valence-corrected chi connectivity index (χ2v) is 5.19. The number of nitrogens with two attached hydrogens (primary N) is 1. The van der Waals surface area contributed by atoms with E-state index in [1.165, 1.54) is 26.3 Å². The zero-order chi connectivity index (χ0) is 10.3. The van der Waals surface area contributed by atoms with Crippen molar-refractivity contribution in [2.45, 2.75) is 0 Å². The van der Waals surface area contributed by atoms with Gasteiger partial charge in [0.25, 0.3) is 0 Å². The maximum atomic E-state index is 5.62. The Morgan fingerprint density at radius 1 is 1.20 bits per heavy atom. The zero-order valence-electron chi connectivity index (χ0n) is 7.81. The van der Waals surface area contributed by atoms with Crippen molar-refractivity contribution in [3.63, 3.8) is 0 Å². The fraction of sp³-hybridized carbons (Fsp3) is 0. The molecule has 3 rings (SSSR count). The van der Waals surface area contributed by atoms with Crippen LogP contribution >= 0.6 is 22.7 Å². The average Bonchev–Trinajstić information content (AvgIpc) is 2.82. The number of nitrogen functional groups attached to an aromatic ring is 1. The molecule has 0 atom stereocenters. The monoisotopic (exact) mass is 232 g/mol. The Balaban J connectivity index is 2.19. The molecule has 0 amide bonds. The molecular weight excluding hydrogens is 224 g/mol. The van der Waals surface area contributed by atoms with Gasteiger partial charge < -0.3 is 5.73 Å². The highest BCUT2D eigenvalue weighted by molar-refractivity contribution is 7.22. The lowest BCUT2D eigenvalue weighted by atomic mass is 10.2. The molecule has 0 spiro atoms. The van der Waals surface area contributed by atoms with Gasteiger partial charge >= 0.3 is 0 Å². The Labute approximate surface area is 95.0 Å². The van der Waals surface area contributed by atoms with Crippen LogP contribution < -0.4 is 5.73 Å². The van der Waals surface area contributed by atoms with Crippen LogP contribution in [-0.2, 0) is 0 Å². The van der Waals surface area contributed by atoms with Crippen molar-refractivity contribution in [1.29, 1.82) is 0 Å². The Bertz CT molecular complexity index is 577. The first-order valence-corrected chi connectivity index (χ1v) is 6.22. The van der Waals surface area contributed by atoms with Gasteiger partial charge in [0, 0.05) is 10.1 Å². The molecule has 0 fully saturated rings. The van der Waals surface area contributed by atoms with E-state index < -0.39 is 0 Å². The molecule has 0 radical (unpaired) electrons. The van der Waals surface area contributed by atoms with Crippen molar-refractivity contribution in [1.82, 2.24) is 4.98 Å². The molecule has 74 valence electrons. The van der Waals surface area contributed by atoms with Crippen LogP contribution in [0.1, 0.15) is 0 Å². The van der Waals surface area contributed by atoms with Gasteiger partial charge in [-0.05, 0) is 17.5 Å². The van der Waals surface area contributed by atoms with Crippen molar-refractivity contribution in [2.24, 2.45) is 0 Å². The molecule has 0 aliphatic rings. The summed E-state index contributed by atoms with van der Waals surface area (Å²) in [5.41, 5.74) is 6.61. The summed E-state index contributed by atoms with van der Waals surface area (Å²) in [6, 6.07) is 10.5. The summed E-state index contributed by atoms with van der Waals surface area (Å²) >= 11 is 3.23. The Morgan fingerprint density at radius 2 is 2.07 bits per heavy atom. The third-order valence-corrected chi connectivity index (χ3v) is 4.01. The number of hydrogen-bond donors (Lipinski definition) is 1. The number of anilines is 1. The van der Waals surface area contributed by atoms with Crippen LogP contribution in [0.25, 0.3) is 20.7 Å². The molecule has 0 unspecified atom stereocenters. The van der Waals surface area contributed by atoms with Crippen molar-refractivity contribution >= 4 is 37.9 Å². The minimum Gasteiger partial charge on any atom is -0.375 e. The molecule has 0 saturated carbocycles. The highest BCUT2D eigenvalue weighted by atomic mass is 32.1. The Morgan fingerprint density at radius 3 is 2.80 bits per heavy atom. The van der Waals surface area contributed by atoms with E-state index in [4.69, 9.17) is 5.73 Å². The first kappa shape index (κ1) is 8.88. The lowest BCUT2D eigenvalue weighted by Gasteiger charge is -1.85. The van der Waals surface area contributed by atoms with Crippen LogP contribution in [0.3, 0.4) is 0 Å². The molecule has 2 heterocycles. The minimum atomic E-state index is 0.627. The van der Waals surface area contributed by atoms with E-state index in [2.05, 4.69) is 29.2 Å². The largest absolute Gasteiger partial charge is 0.375 e. The summed E-state index contributed by atoms with van der Waals surface area (Å²) in [6.07, 6.45) is 0. The van der Waals surface area contributed by atoms with Gasteiger partial charge in [0.1, 0.15) is 0 Å². The van der Waals surface area contributed by atoms with Gasteiger partial charge in [-0.25, -0.2) is 4.98 Å². The number of thiazole rings is 1. The van der Waals surface area contributed by atoms with Crippen LogP contribution in [0.15, 0.2) is 35.7 Å². The maximum Gasteiger partial charge on any atom is 0.180 e. The number of thiophene rings is 1. The summed E-state index contributed by atoms with van der Waals surface area (Å²) in [5.74, 6) is 0. The van der Waals surface area contributed by atoms with E-state index in [-0.39, 0.29) is 0 Å². The fourth-order valence-corrected chi connectivity index (χ4v) is 3.17. The van der Waals surface area contributed by atoms with Crippen LogP contribution in [0.5, 0.6) is 0 Å². The molecule has 0 aliphatic heterocycles. The fourth-order valence-electron chi connectivity index (χ4n) is 1.51. The lowest BCUT2D eigenvalue weighted by Crippen LogP contribution is -1.80. The van der Waals surface area contributed by atoms with Crippen LogP contribution in [0.2, 0.25) is 0 Å². The quantitative estimate of drug-likeness (QED) is 0.696. The van der Waals surface area contributed by atoms with E-state index in [1.807, 2.05) is 11.4 Å². The van der Waals surface area contributed by atoms with Gasteiger partial charge in [-0.3, -0.25) is 0 Å². The normalized spacial score (nSPS) is 10.9. The smallest absolute Gasteiger partial charge is 0.180 e. The van der Waals surface area contributed by atoms with Crippen molar-refractivity contribution in [3.05, 3.63) is 35.7 Å². The molecule has 3 aromatic rings. The molecule has 1 aromatic carbocycles. The summed E-state index contributed by atoms with van der Waals surface area (Å²) in [7, 11) is 0. The summed E-state index contributed by atoms with van der Waals surface area (Å²) in [5, 5.41) is 3.89. The van der Waals surface area contributed by atoms with Crippen molar-refractivity contribution < 1.29 is 0 Å². The van der Waals surface area contributed by atoms with Crippen LogP contribution in [-0.4, -0.2) is 4.98 Å². The number of rotatable bonds is 1. The topological polar surface area (TPSA) is 38.9 Å². The van der Waals surface area contributed by atoms with Gasteiger partial charge in [-0.1, -0.05) is 18.2 Å².